The summed E-state index contributed by atoms with van der Waals surface area (Å²) in [5.74, 6) is 1.66. The molecule has 1 fully saturated rings. The number of aliphatic imine (C=N–C) groups is 1. The summed E-state index contributed by atoms with van der Waals surface area (Å²) in [5, 5.41) is 3.78. The van der Waals surface area contributed by atoms with E-state index in [1.165, 1.54) is 25.0 Å². The third-order valence-electron chi connectivity index (χ3n) is 4.75. The number of hydrogen-bond donors (Lipinski definition) is 1. The van der Waals surface area contributed by atoms with Gasteiger partial charge in [-0.1, -0.05) is 19.3 Å². The van der Waals surface area contributed by atoms with E-state index in [0.717, 1.165) is 35.6 Å². The predicted molar refractivity (Wildman–Crippen MR) is 95.3 cm³/mol. The van der Waals surface area contributed by atoms with Gasteiger partial charge in [0.05, 0.1) is 42.3 Å². The Hall–Kier alpha value is -1.71. The van der Waals surface area contributed by atoms with Crippen LogP contribution in [0.4, 0.5) is 5.69 Å². The third kappa shape index (κ3) is 2.91. The minimum Gasteiger partial charge on any atom is -0.497 e. The van der Waals surface area contributed by atoms with Crippen LogP contribution in [0.1, 0.15) is 58.4 Å². The van der Waals surface area contributed by atoms with Gasteiger partial charge in [0.1, 0.15) is 11.5 Å². The van der Waals surface area contributed by atoms with Crippen molar-refractivity contribution >= 4 is 11.4 Å². The maximum absolute atomic E-state index is 5.68. The van der Waals surface area contributed by atoms with Crippen molar-refractivity contribution in [1.82, 2.24) is 0 Å². The molecule has 1 aliphatic carbocycles. The normalized spacial score (nSPS) is 21.2. The van der Waals surface area contributed by atoms with Crippen molar-refractivity contribution in [2.75, 3.05) is 19.5 Å². The molecule has 0 unspecified atom stereocenters. The SMILES string of the molecule is COc1cc2c(c(OC)c1)C(=NC(C)(C)C)C1(CCCCC1)N2. The summed E-state index contributed by atoms with van der Waals surface area (Å²) in [5.41, 5.74) is 3.21. The smallest absolute Gasteiger partial charge is 0.133 e. The van der Waals surface area contributed by atoms with Gasteiger partial charge >= 0.3 is 0 Å². The molecular formula is C19H28N2O2. The Morgan fingerprint density at radius 1 is 1.04 bits per heavy atom. The summed E-state index contributed by atoms with van der Waals surface area (Å²) in [7, 11) is 3.41. The minimum absolute atomic E-state index is 0.0481. The van der Waals surface area contributed by atoms with Crippen molar-refractivity contribution in [3.63, 3.8) is 0 Å². The number of methoxy groups -OCH3 is 2. The van der Waals surface area contributed by atoms with Crippen molar-refractivity contribution in [3.05, 3.63) is 17.7 Å². The van der Waals surface area contributed by atoms with Gasteiger partial charge in [-0.15, -0.1) is 0 Å². The Morgan fingerprint density at radius 3 is 2.30 bits per heavy atom. The van der Waals surface area contributed by atoms with Gasteiger partial charge in [-0.2, -0.15) is 0 Å². The fraction of sp³-hybridized carbons (Fsp3) is 0.632. The first-order valence-electron chi connectivity index (χ1n) is 8.53. The van der Waals surface area contributed by atoms with Crippen LogP contribution >= 0.6 is 0 Å². The summed E-state index contributed by atoms with van der Waals surface area (Å²) >= 11 is 0. The molecule has 0 radical (unpaired) electrons. The predicted octanol–water partition coefficient (Wildman–Crippen LogP) is 4.42. The van der Waals surface area contributed by atoms with Crippen LogP contribution in [0.5, 0.6) is 11.5 Å². The number of nitrogens with one attached hydrogen (secondary N) is 1. The maximum atomic E-state index is 5.68. The Labute approximate surface area is 139 Å². The van der Waals surface area contributed by atoms with Crippen LogP contribution in [0.2, 0.25) is 0 Å². The van der Waals surface area contributed by atoms with Gasteiger partial charge in [0.15, 0.2) is 0 Å². The molecule has 1 aromatic rings. The molecule has 4 nitrogen and oxygen atoms in total. The zero-order valence-corrected chi connectivity index (χ0v) is 15.0. The topological polar surface area (TPSA) is 42.9 Å². The molecule has 1 spiro atoms. The number of nitrogens with zero attached hydrogens (tertiary/aromatic N) is 1. The van der Waals surface area contributed by atoms with Gasteiger partial charge in [-0.3, -0.25) is 4.99 Å². The van der Waals surface area contributed by atoms with Crippen LogP contribution in [-0.2, 0) is 0 Å². The second-order valence-electron chi connectivity index (χ2n) is 7.65. The molecule has 4 heteroatoms. The number of rotatable bonds is 2. The molecule has 0 amide bonds. The molecule has 1 saturated carbocycles. The first-order chi connectivity index (χ1) is 10.9. The van der Waals surface area contributed by atoms with Crippen LogP contribution in [0.15, 0.2) is 17.1 Å². The van der Waals surface area contributed by atoms with Crippen LogP contribution in [-0.4, -0.2) is 31.0 Å². The zero-order valence-electron chi connectivity index (χ0n) is 15.0. The quantitative estimate of drug-likeness (QED) is 0.878. The molecule has 3 rings (SSSR count). The lowest BCUT2D eigenvalue weighted by Crippen LogP contribution is -2.44. The molecule has 0 atom stereocenters. The Kier molecular flexibility index (Phi) is 4.03. The lowest BCUT2D eigenvalue weighted by molar-refractivity contribution is 0.394. The second kappa shape index (κ2) is 5.73. The highest BCUT2D eigenvalue weighted by molar-refractivity contribution is 6.18. The summed E-state index contributed by atoms with van der Waals surface area (Å²) in [6.07, 6.45) is 6.04. The Bertz CT molecular complexity index is 623. The molecule has 1 heterocycles. The fourth-order valence-electron chi connectivity index (χ4n) is 3.78. The third-order valence-corrected chi connectivity index (χ3v) is 4.75. The van der Waals surface area contributed by atoms with E-state index in [-0.39, 0.29) is 11.1 Å². The average molecular weight is 316 g/mol. The minimum atomic E-state index is -0.117. The van der Waals surface area contributed by atoms with Crippen LogP contribution < -0.4 is 14.8 Å². The number of anilines is 1. The molecule has 0 saturated heterocycles. The molecule has 1 N–H and O–H groups in total. The first kappa shape index (κ1) is 16.2. The van der Waals surface area contributed by atoms with E-state index in [4.69, 9.17) is 14.5 Å². The van der Waals surface area contributed by atoms with Crippen molar-refractivity contribution in [2.45, 2.75) is 64.0 Å². The molecule has 2 aliphatic rings. The van der Waals surface area contributed by atoms with Gasteiger partial charge in [0.2, 0.25) is 0 Å². The summed E-state index contributed by atoms with van der Waals surface area (Å²) in [6, 6.07) is 4.03. The van der Waals surface area contributed by atoms with Gasteiger partial charge in [0, 0.05) is 12.1 Å². The number of ether oxygens (including phenoxy) is 2. The maximum Gasteiger partial charge on any atom is 0.133 e. The first-order valence-corrected chi connectivity index (χ1v) is 8.53. The molecule has 23 heavy (non-hydrogen) atoms. The fourth-order valence-corrected chi connectivity index (χ4v) is 3.78. The van der Waals surface area contributed by atoms with E-state index in [2.05, 4.69) is 32.2 Å². The molecular weight excluding hydrogens is 288 g/mol. The highest BCUT2D eigenvalue weighted by atomic mass is 16.5. The lowest BCUT2D eigenvalue weighted by Gasteiger charge is -2.36. The van der Waals surface area contributed by atoms with Crippen molar-refractivity contribution in [3.8, 4) is 11.5 Å². The number of benzene rings is 1. The van der Waals surface area contributed by atoms with E-state index in [1.54, 1.807) is 14.2 Å². The standard InChI is InChI=1S/C19H28N2O2/c1-18(2,3)21-17-16-14(11-13(22-4)12-15(16)23-5)20-19(17)9-7-6-8-10-19/h11-12,20H,6-10H2,1-5H3. The molecule has 1 aliphatic heterocycles. The van der Waals surface area contributed by atoms with Gasteiger partial charge in [-0.25, -0.2) is 0 Å². The average Bonchev–Trinajstić information content (AvgIpc) is 2.78. The molecule has 1 aromatic carbocycles. The number of hydrogen-bond acceptors (Lipinski definition) is 4. The molecule has 126 valence electrons. The zero-order chi connectivity index (χ0) is 16.7. The van der Waals surface area contributed by atoms with Crippen molar-refractivity contribution in [1.29, 1.82) is 0 Å². The number of fused-ring (bicyclic) bond motifs is 1. The summed E-state index contributed by atoms with van der Waals surface area (Å²) in [4.78, 5) is 5.12. The van der Waals surface area contributed by atoms with E-state index in [9.17, 15) is 0 Å². The highest BCUT2D eigenvalue weighted by Gasteiger charge is 2.46. The van der Waals surface area contributed by atoms with E-state index >= 15 is 0 Å². The molecule has 0 aromatic heterocycles. The van der Waals surface area contributed by atoms with Crippen LogP contribution in [0.25, 0.3) is 0 Å². The van der Waals surface area contributed by atoms with E-state index < -0.39 is 0 Å². The van der Waals surface area contributed by atoms with Crippen LogP contribution in [0, 0.1) is 0 Å². The van der Waals surface area contributed by atoms with Gasteiger partial charge < -0.3 is 14.8 Å². The van der Waals surface area contributed by atoms with Gasteiger partial charge in [-0.05, 0) is 33.6 Å². The largest absolute Gasteiger partial charge is 0.497 e. The van der Waals surface area contributed by atoms with E-state index in [1.807, 2.05) is 6.07 Å². The van der Waals surface area contributed by atoms with Crippen LogP contribution in [0.3, 0.4) is 0 Å². The van der Waals surface area contributed by atoms with Gasteiger partial charge in [0.25, 0.3) is 0 Å². The highest BCUT2D eigenvalue weighted by Crippen LogP contribution is 2.47. The summed E-state index contributed by atoms with van der Waals surface area (Å²) < 4.78 is 11.1. The second-order valence-corrected chi connectivity index (χ2v) is 7.65. The lowest BCUT2D eigenvalue weighted by atomic mass is 9.78. The molecule has 0 bridgehead atoms. The monoisotopic (exact) mass is 316 g/mol. The summed E-state index contributed by atoms with van der Waals surface area (Å²) in [6.45, 7) is 6.47. The van der Waals surface area contributed by atoms with E-state index in [0.29, 0.717) is 0 Å². The Balaban J connectivity index is 2.19. The van der Waals surface area contributed by atoms with Crippen molar-refractivity contribution < 1.29 is 9.47 Å². The Morgan fingerprint density at radius 2 is 1.74 bits per heavy atom. The van der Waals surface area contributed by atoms with Crippen molar-refractivity contribution in [2.24, 2.45) is 4.99 Å².